The molecule has 1 heterocycles. The fraction of sp³-hybridized carbons (Fsp3) is 0.316. The minimum atomic E-state index is 0.00617. The molecule has 1 saturated carbocycles. The summed E-state index contributed by atoms with van der Waals surface area (Å²) in [6.07, 6.45) is 2.22. The van der Waals surface area contributed by atoms with Crippen LogP contribution < -0.4 is 10.6 Å². The van der Waals surface area contributed by atoms with Gasteiger partial charge in [-0.3, -0.25) is 4.79 Å². The number of benzene rings is 2. The smallest absolute Gasteiger partial charge is 0.251 e. The highest BCUT2D eigenvalue weighted by atomic mass is 32.2. The minimum Gasteiger partial charge on any atom is -0.507 e. The van der Waals surface area contributed by atoms with Crippen molar-refractivity contribution in [3.8, 4) is 5.75 Å². The molecule has 1 saturated heterocycles. The SMILES string of the molecule is O=C(NC1CC2CC1CN2)c1ccc(Sc2ccccc2O)cc1. The summed E-state index contributed by atoms with van der Waals surface area (Å²) in [5.74, 6) is 0.857. The average molecular weight is 340 g/mol. The van der Waals surface area contributed by atoms with Crippen LogP contribution in [0, 0.1) is 5.92 Å². The first-order valence-electron chi connectivity index (χ1n) is 8.29. The van der Waals surface area contributed by atoms with Crippen LogP contribution in [0.1, 0.15) is 23.2 Å². The number of amides is 1. The summed E-state index contributed by atoms with van der Waals surface area (Å²) >= 11 is 1.49. The summed E-state index contributed by atoms with van der Waals surface area (Å²) in [6, 6.07) is 15.7. The van der Waals surface area contributed by atoms with E-state index in [-0.39, 0.29) is 11.7 Å². The van der Waals surface area contributed by atoms with Gasteiger partial charge in [0.25, 0.3) is 5.91 Å². The summed E-state index contributed by atoms with van der Waals surface area (Å²) in [4.78, 5) is 14.2. The molecule has 2 fully saturated rings. The summed E-state index contributed by atoms with van der Waals surface area (Å²) < 4.78 is 0. The fourth-order valence-electron chi connectivity index (χ4n) is 3.61. The molecule has 4 rings (SSSR count). The zero-order valence-corrected chi connectivity index (χ0v) is 14.1. The van der Waals surface area contributed by atoms with Crippen molar-refractivity contribution in [1.29, 1.82) is 0 Å². The van der Waals surface area contributed by atoms with Gasteiger partial charge >= 0.3 is 0 Å². The molecular formula is C19H20N2O2S. The molecule has 3 unspecified atom stereocenters. The molecule has 1 amide bonds. The van der Waals surface area contributed by atoms with Gasteiger partial charge in [-0.15, -0.1) is 0 Å². The van der Waals surface area contributed by atoms with Gasteiger partial charge in [0, 0.05) is 29.1 Å². The van der Waals surface area contributed by atoms with E-state index >= 15 is 0 Å². The number of aromatic hydroxyl groups is 1. The summed E-state index contributed by atoms with van der Waals surface area (Å²) in [6.45, 7) is 1.02. The normalized spacial score (nSPS) is 24.9. The van der Waals surface area contributed by atoms with Crippen molar-refractivity contribution in [3.63, 3.8) is 0 Å². The highest BCUT2D eigenvalue weighted by molar-refractivity contribution is 7.99. The van der Waals surface area contributed by atoms with Gasteiger partial charge in [-0.05, 0) is 55.2 Å². The predicted octanol–water partition coefficient (Wildman–Crippen LogP) is 3.02. The fourth-order valence-corrected chi connectivity index (χ4v) is 4.45. The Morgan fingerprint density at radius 1 is 1.12 bits per heavy atom. The van der Waals surface area contributed by atoms with E-state index in [4.69, 9.17) is 0 Å². The highest BCUT2D eigenvalue weighted by Crippen LogP contribution is 2.34. The first kappa shape index (κ1) is 15.5. The molecule has 2 aromatic rings. The van der Waals surface area contributed by atoms with Crippen molar-refractivity contribution in [2.45, 2.75) is 34.7 Å². The lowest BCUT2D eigenvalue weighted by Crippen LogP contribution is -2.44. The van der Waals surface area contributed by atoms with E-state index in [0.717, 1.165) is 22.8 Å². The zero-order chi connectivity index (χ0) is 16.5. The highest BCUT2D eigenvalue weighted by Gasteiger charge is 2.39. The maximum Gasteiger partial charge on any atom is 0.251 e. The van der Waals surface area contributed by atoms with E-state index in [0.29, 0.717) is 23.6 Å². The molecule has 2 aliphatic rings. The maximum absolute atomic E-state index is 12.4. The monoisotopic (exact) mass is 340 g/mol. The lowest BCUT2D eigenvalue weighted by atomic mass is 10.0. The van der Waals surface area contributed by atoms with Crippen molar-refractivity contribution >= 4 is 17.7 Å². The third kappa shape index (κ3) is 3.14. The van der Waals surface area contributed by atoms with Gasteiger partial charge in [0.05, 0.1) is 4.90 Å². The molecule has 124 valence electrons. The minimum absolute atomic E-state index is 0.00617. The summed E-state index contributed by atoms with van der Waals surface area (Å²) in [7, 11) is 0. The number of rotatable bonds is 4. The molecule has 0 spiro atoms. The topological polar surface area (TPSA) is 61.4 Å². The molecule has 1 aliphatic heterocycles. The van der Waals surface area contributed by atoms with Crippen LogP contribution in [0.3, 0.4) is 0 Å². The van der Waals surface area contributed by atoms with E-state index < -0.39 is 0 Å². The number of nitrogens with one attached hydrogen (secondary N) is 2. The molecule has 1 aliphatic carbocycles. The number of piperidine rings is 1. The van der Waals surface area contributed by atoms with Gasteiger partial charge in [0.1, 0.15) is 5.75 Å². The molecule has 0 aromatic heterocycles. The van der Waals surface area contributed by atoms with Gasteiger partial charge in [-0.1, -0.05) is 23.9 Å². The molecule has 2 bridgehead atoms. The van der Waals surface area contributed by atoms with Crippen LogP contribution >= 0.6 is 11.8 Å². The number of fused-ring (bicyclic) bond motifs is 2. The summed E-state index contributed by atoms with van der Waals surface area (Å²) in [5, 5.41) is 16.5. The average Bonchev–Trinajstić information content (AvgIpc) is 3.20. The molecule has 4 nitrogen and oxygen atoms in total. The standard InChI is InChI=1S/C19H20N2O2S/c22-17-3-1-2-4-18(17)24-15-7-5-12(6-8-15)19(23)21-16-10-14-9-13(16)11-20-14/h1-8,13-14,16,20,22H,9-11H2,(H,21,23). The largest absolute Gasteiger partial charge is 0.507 e. The van der Waals surface area contributed by atoms with Crippen LogP contribution in [0.2, 0.25) is 0 Å². The molecule has 5 heteroatoms. The lowest BCUT2D eigenvalue weighted by molar-refractivity contribution is 0.0925. The van der Waals surface area contributed by atoms with Gasteiger partial charge in [0.15, 0.2) is 0 Å². The molecular weight excluding hydrogens is 320 g/mol. The summed E-state index contributed by atoms with van der Waals surface area (Å²) in [5.41, 5.74) is 0.687. The first-order chi connectivity index (χ1) is 11.7. The van der Waals surface area contributed by atoms with Crippen molar-refractivity contribution in [2.24, 2.45) is 5.92 Å². The van der Waals surface area contributed by atoms with E-state index in [1.165, 1.54) is 18.2 Å². The Morgan fingerprint density at radius 3 is 2.58 bits per heavy atom. The molecule has 3 N–H and O–H groups in total. The lowest BCUT2D eigenvalue weighted by Gasteiger charge is -2.23. The number of carbonyl (C=O) groups is 1. The number of phenolic OH excluding ortho intramolecular Hbond substituents is 1. The van der Waals surface area contributed by atoms with Crippen LogP contribution in [0.4, 0.5) is 0 Å². The Labute approximate surface area is 145 Å². The molecule has 3 atom stereocenters. The van der Waals surface area contributed by atoms with Gasteiger partial charge < -0.3 is 15.7 Å². The van der Waals surface area contributed by atoms with Crippen LogP contribution in [-0.4, -0.2) is 29.6 Å². The third-order valence-corrected chi connectivity index (χ3v) is 5.96. The Bertz CT molecular complexity index is 747. The van der Waals surface area contributed by atoms with E-state index in [2.05, 4.69) is 10.6 Å². The van der Waals surface area contributed by atoms with Gasteiger partial charge in [0.2, 0.25) is 0 Å². The van der Waals surface area contributed by atoms with Gasteiger partial charge in [-0.25, -0.2) is 0 Å². The second-order valence-electron chi connectivity index (χ2n) is 6.51. The van der Waals surface area contributed by atoms with Crippen molar-refractivity contribution in [3.05, 3.63) is 54.1 Å². The van der Waals surface area contributed by atoms with Crippen molar-refractivity contribution in [1.82, 2.24) is 10.6 Å². The van der Waals surface area contributed by atoms with Crippen molar-refractivity contribution in [2.75, 3.05) is 6.54 Å². The molecule has 24 heavy (non-hydrogen) atoms. The first-order valence-corrected chi connectivity index (χ1v) is 9.11. The Balaban J connectivity index is 1.40. The van der Waals surface area contributed by atoms with Crippen molar-refractivity contribution < 1.29 is 9.90 Å². The quantitative estimate of drug-likeness (QED) is 0.801. The van der Waals surface area contributed by atoms with Gasteiger partial charge in [-0.2, -0.15) is 0 Å². The third-order valence-electron chi connectivity index (χ3n) is 4.89. The van der Waals surface area contributed by atoms with Crippen LogP contribution in [-0.2, 0) is 0 Å². The maximum atomic E-state index is 12.4. The van der Waals surface area contributed by atoms with Crippen LogP contribution in [0.5, 0.6) is 5.75 Å². The number of hydrogen-bond donors (Lipinski definition) is 3. The Hall–Kier alpha value is -1.98. The number of para-hydroxylation sites is 1. The predicted molar refractivity (Wildman–Crippen MR) is 94.4 cm³/mol. The van der Waals surface area contributed by atoms with E-state index in [1.807, 2.05) is 36.4 Å². The molecule has 0 radical (unpaired) electrons. The second kappa shape index (κ2) is 6.49. The number of hydrogen-bond acceptors (Lipinski definition) is 4. The van der Waals surface area contributed by atoms with E-state index in [9.17, 15) is 9.90 Å². The zero-order valence-electron chi connectivity index (χ0n) is 13.2. The number of phenols is 1. The van der Waals surface area contributed by atoms with Crippen LogP contribution in [0.15, 0.2) is 58.3 Å². The Morgan fingerprint density at radius 2 is 1.92 bits per heavy atom. The number of carbonyl (C=O) groups excluding carboxylic acids is 1. The second-order valence-corrected chi connectivity index (χ2v) is 7.63. The van der Waals surface area contributed by atoms with E-state index in [1.54, 1.807) is 12.1 Å². The molecule has 2 aromatic carbocycles. The van der Waals surface area contributed by atoms with Crippen LogP contribution in [0.25, 0.3) is 0 Å². The Kier molecular flexibility index (Phi) is 4.21.